The average Bonchev–Trinajstić information content (AvgIpc) is 2.76. The fraction of sp³-hybridized carbons (Fsp3) is 0.292. The minimum Gasteiger partial charge on any atom is -0.495 e. The van der Waals surface area contributed by atoms with E-state index in [-0.39, 0.29) is 11.8 Å². The number of amides is 2. The summed E-state index contributed by atoms with van der Waals surface area (Å²) in [4.78, 5) is 32.2. The van der Waals surface area contributed by atoms with Crippen LogP contribution in [0.2, 0.25) is 0 Å². The van der Waals surface area contributed by atoms with E-state index in [4.69, 9.17) is 9.72 Å². The minimum atomic E-state index is -0.217. The fourth-order valence-corrected chi connectivity index (χ4v) is 4.05. The predicted octanol–water partition coefficient (Wildman–Crippen LogP) is 3.83. The lowest BCUT2D eigenvalue weighted by Gasteiger charge is -2.29. The van der Waals surface area contributed by atoms with Gasteiger partial charge in [-0.1, -0.05) is 25.1 Å². The number of methoxy groups -OCH3 is 1. The second kappa shape index (κ2) is 8.73. The van der Waals surface area contributed by atoms with E-state index >= 15 is 0 Å². The van der Waals surface area contributed by atoms with Crippen molar-refractivity contribution < 1.29 is 14.3 Å². The highest BCUT2D eigenvalue weighted by Crippen LogP contribution is 2.32. The summed E-state index contributed by atoms with van der Waals surface area (Å²) in [5.74, 6) is 0.118. The molecule has 1 aliphatic rings. The van der Waals surface area contributed by atoms with E-state index in [1.165, 1.54) is 6.92 Å². The van der Waals surface area contributed by atoms with Crippen LogP contribution in [-0.2, 0) is 17.8 Å². The van der Waals surface area contributed by atoms with Crippen LogP contribution >= 0.6 is 0 Å². The lowest BCUT2D eigenvalue weighted by atomic mass is 9.95. The smallest absolute Gasteiger partial charge is 0.256 e. The molecule has 0 radical (unpaired) electrons. The molecule has 0 saturated carbocycles. The zero-order valence-electron chi connectivity index (χ0n) is 18.0. The van der Waals surface area contributed by atoms with Crippen molar-refractivity contribution in [3.05, 3.63) is 59.3 Å². The molecule has 4 rings (SSSR count). The van der Waals surface area contributed by atoms with Crippen molar-refractivity contribution in [2.75, 3.05) is 30.8 Å². The monoisotopic (exact) mass is 418 g/mol. The van der Waals surface area contributed by atoms with Crippen LogP contribution in [0.15, 0.2) is 42.5 Å². The van der Waals surface area contributed by atoms with Crippen molar-refractivity contribution in [3.63, 3.8) is 0 Å². The number of nitrogens with zero attached hydrogens (tertiary/aromatic N) is 2. The molecule has 1 aromatic heterocycles. The Balaban J connectivity index is 1.79. The Morgan fingerprint density at radius 1 is 1.16 bits per heavy atom. The summed E-state index contributed by atoms with van der Waals surface area (Å²) in [5.41, 5.74) is 4.49. The molecule has 0 aliphatic carbocycles. The Kier molecular flexibility index (Phi) is 5.86. The first-order valence-electron chi connectivity index (χ1n) is 10.4. The summed E-state index contributed by atoms with van der Waals surface area (Å²) in [6.45, 7) is 6.10. The van der Waals surface area contributed by atoms with Gasteiger partial charge in [-0.15, -0.1) is 0 Å². The van der Waals surface area contributed by atoms with Gasteiger partial charge in [0.1, 0.15) is 5.75 Å². The van der Waals surface area contributed by atoms with Gasteiger partial charge in [-0.25, -0.2) is 0 Å². The zero-order chi connectivity index (χ0) is 22.0. The first-order chi connectivity index (χ1) is 15.0. The summed E-state index contributed by atoms with van der Waals surface area (Å²) >= 11 is 0. The van der Waals surface area contributed by atoms with Crippen LogP contribution in [0.1, 0.15) is 35.5 Å². The Hall–Kier alpha value is -3.45. The van der Waals surface area contributed by atoms with Crippen LogP contribution in [0, 0.1) is 0 Å². The second-order valence-electron chi connectivity index (χ2n) is 7.60. The van der Waals surface area contributed by atoms with Gasteiger partial charge in [0.2, 0.25) is 5.91 Å². The molecular formula is C24H26N4O3. The van der Waals surface area contributed by atoms with Crippen LogP contribution in [0.3, 0.4) is 0 Å². The third-order valence-corrected chi connectivity index (χ3v) is 5.57. The van der Waals surface area contributed by atoms with Gasteiger partial charge in [-0.05, 0) is 30.8 Å². The lowest BCUT2D eigenvalue weighted by Crippen LogP contribution is -2.33. The van der Waals surface area contributed by atoms with Crippen molar-refractivity contribution in [2.45, 2.75) is 26.8 Å². The molecule has 160 valence electrons. The molecule has 0 atom stereocenters. The third-order valence-electron chi connectivity index (χ3n) is 5.57. The van der Waals surface area contributed by atoms with Crippen LogP contribution in [0.5, 0.6) is 5.75 Å². The molecule has 0 saturated heterocycles. The first-order valence-corrected chi connectivity index (χ1v) is 10.4. The largest absolute Gasteiger partial charge is 0.495 e. The number of para-hydroxylation sites is 1. The van der Waals surface area contributed by atoms with Crippen LogP contribution < -0.4 is 15.4 Å². The molecule has 0 unspecified atom stereocenters. The van der Waals surface area contributed by atoms with Gasteiger partial charge < -0.3 is 15.4 Å². The first kappa shape index (κ1) is 20.8. The standard InChI is InChI=1S/C24H26N4O3/c1-4-28-12-11-20-18(14-28)23(17-7-5-6-8-19(17)26-20)24(30)27-21-13-16(25-15(2)29)9-10-22(21)31-3/h5-10,13H,4,11-12,14H2,1-3H3,(H,25,29)(H,27,30). The van der Waals surface area contributed by atoms with Gasteiger partial charge in [0, 0.05) is 48.8 Å². The molecule has 0 fully saturated rings. The van der Waals surface area contributed by atoms with Crippen LogP contribution in [0.25, 0.3) is 10.9 Å². The Labute approximate surface area is 181 Å². The van der Waals surface area contributed by atoms with Crippen molar-refractivity contribution in [2.24, 2.45) is 0 Å². The Morgan fingerprint density at radius 2 is 1.97 bits per heavy atom. The number of rotatable bonds is 5. The van der Waals surface area contributed by atoms with Gasteiger partial charge in [-0.2, -0.15) is 0 Å². The number of ether oxygens (including phenoxy) is 1. The van der Waals surface area contributed by atoms with Crippen molar-refractivity contribution >= 4 is 34.1 Å². The molecule has 31 heavy (non-hydrogen) atoms. The molecule has 7 nitrogen and oxygen atoms in total. The number of carbonyl (C=O) groups excluding carboxylic acids is 2. The van der Waals surface area contributed by atoms with E-state index in [1.807, 2.05) is 24.3 Å². The van der Waals surface area contributed by atoms with Gasteiger partial charge >= 0.3 is 0 Å². The number of anilines is 2. The zero-order valence-corrected chi connectivity index (χ0v) is 18.0. The molecule has 2 amide bonds. The van der Waals surface area contributed by atoms with Crippen molar-refractivity contribution in [1.29, 1.82) is 0 Å². The highest BCUT2D eigenvalue weighted by molar-refractivity contribution is 6.14. The number of likely N-dealkylation sites (N-methyl/N-ethyl adjacent to an activating group) is 1. The maximum atomic E-state index is 13.6. The highest BCUT2D eigenvalue weighted by Gasteiger charge is 2.25. The van der Waals surface area contributed by atoms with Crippen molar-refractivity contribution in [1.82, 2.24) is 9.88 Å². The van der Waals surface area contributed by atoms with E-state index in [0.717, 1.165) is 41.7 Å². The predicted molar refractivity (Wildman–Crippen MR) is 122 cm³/mol. The summed E-state index contributed by atoms with van der Waals surface area (Å²) in [5, 5.41) is 6.57. The molecule has 2 N–H and O–H groups in total. The Bertz CT molecular complexity index is 1160. The van der Waals surface area contributed by atoms with Gasteiger partial charge in [0.25, 0.3) is 5.91 Å². The lowest BCUT2D eigenvalue weighted by molar-refractivity contribution is -0.114. The molecule has 1 aliphatic heterocycles. The summed E-state index contributed by atoms with van der Waals surface area (Å²) in [6, 6.07) is 12.9. The number of hydrogen-bond acceptors (Lipinski definition) is 5. The van der Waals surface area contributed by atoms with Crippen LogP contribution in [-0.4, -0.2) is 41.9 Å². The number of carbonyl (C=O) groups is 2. The van der Waals surface area contributed by atoms with E-state index in [1.54, 1.807) is 25.3 Å². The summed E-state index contributed by atoms with van der Waals surface area (Å²) < 4.78 is 5.43. The van der Waals surface area contributed by atoms with Gasteiger partial charge in [-0.3, -0.25) is 19.5 Å². The number of aromatic nitrogens is 1. The minimum absolute atomic E-state index is 0.184. The number of fused-ring (bicyclic) bond motifs is 2. The molecule has 0 spiro atoms. The van der Waals surface area contributed by atoms with E-state index < -0.39 is 0 Å². The molecule has 2 aromatic carbocycles. The second-order valence-corrected chi connectivity index (χ2v) is 7.60. The van der Waals surface area contributed by atoms with E-state index in [2.05, 4.69) is 22.5 Å². The molecule has 3 aromatic rings. The van der Waals surface area contributed by atoms with Gasteiger partial charge in [0.05, 0.1) is 23.9 Å². The summed E-state index contributed by atoms with van der Waals surface area (Å²) in [6.07, 6.45) is 0.815. The molecular weight excluding hydrogens is 392 g/mol. The average molecular weight is 418 g/mol. The van der Waals surface area contributed by atoms with Gasteiger partial charge in [0.15, 0.2) is 0 Å². The number of benzene rings is 2. The molecule has 2 heterocycles. The number of pyridine rings is 1. The fourth-order valence-electron chi connectivity index (χ4n) is 4.05. The maximum absolute atomic E-state index is 13.6. The summed E-state index contributed by atoms with van der Waals surface area (Å²) in [7, 11) is 1.55. The molecule has 0 bridgehead atoms. The topological polar surface area (TPSA) is 83.6 Å². The van der Waals surface area contributed by atoms with Crippen LogP contribution in [0.4, 0.5) is 11.4 Å². The SMILES string of the molecule is CCN1CCc2nc3ccccc3c(C(=O)Nc3cc(NC(C)=O)ccc3OC)c2C1. The third kappa shape index (κ3) is 4.22. The van der Waals surface area contributed by atoms with Crippen molar-refractivity contribution in [3.8, 4) is 5.75 Å². The molecule has 7 heteroatoms. The highest BCUT2D eigenvalue weighted by atomic mass is 16.5. The maximum Gasteiger partial charge on any atom is 0.256 e. The number of hydrogen-bond donors (Lipinski definition) is 2. The normalized spacial score (nSPS) is 13.5. The Morgan fingerprint density at radius 3 is 2.71 bits per heavy atom. The van der Waals surface area contributed by atoms with E-state index in [9.17, 15) is 9.59 Å². The van der Waals surface area contributed by atoms with E-state index in [0.29, 0.717) is 29.2 Å². The number of nitrogens with one attached hydrogen (secondary N) is 2. The quantitative estimate of drug-likeness (QED) is 0.658.